The van der Waals surface area contributed by atoms with Crippen LogP contribution in [0.25, 0.3) is 0 Å². The predicted molar refractivity (Wildman–Crippen MR) is 77.1 cm³/mol. The molecule has 1 saturated carbocycles. The minimum absolute atomic E-state index is 0. The number of nitrogens with one attached hydrogen (secondary N) is 2. The van der Waals surface area contributed by atoms with E-state index in [-0.39, 0.29) is 18.3 Å². The average Bonchev–Trinajstić information content (AvgIpc) is 3.24. The van der Waals surface area contributed by atoms with Crippen molar-refractivity contribution in [2.75, 3.05) is 31.1 Å². The number of carbonyl (C=O) groups excluding carboxylic acids is 1. The number of hydrogen-bond donors (Lipinski definition) is 2. The monoisotopic (exact) mass is 282 g/mol. The molecule has 1 amide bonds. The molecule has 1 aromatic rings. The lowest BCUT2D eigenvalue weighted by Crippen LogP contribution is -2.44. The van der Waals surface area contributed by atoms with Crippen molar-refractivity contribution < 1.29 is 4.79 Å². The number of halogens is 1. The Kier molecular flexibility index (Phi) is 4.61. The van der Waals surface area contributed by atoms with Gasteiger partial charge < -0.3 is 15.5 Å². The summed E-state index contributed by atoms with van der Waals surface area (Å²) in [6.07, 6.45) is 3.97. The molecule has 5 nitrogen and oxygen atoms in total. The van der Waals surface area contributed by atoms with E-state index in [0.29, 0.717) is 11.6 Å². The molecule has 0 bridgehead atoms. The number of rotatable bonds is 3. The van der Waals surface area contributed by atoms with E-state index in [9.17, 15) is 4.79 Å². The molecule has 1 aromatic heterocycles. The van der Waals surface area contributed by atoms with Gasteiger partial charge >= 0.3 is 0 Å². The Balaban J connectivity index is 0.00000133. The average molecular weight is 283 g/mol. The van der Waals surface area contributed by atoms with E-state index in [1.54, 1.807) is 6.20 Å². The summed E-state index contributed by atoms with van der Waals surface area (Å²) >= 11 is 0. The van der Waals surface area contributed by atoms with Crippen molar-refractivity contribution in [1.82, 2.24) is 15.6 Å². The van der Waals surface area contributed by atoms with Crippen molar-refractivity contribution in [3.8, 4) is 0 Å². The minimum atomic E-state index is 0. The van der Waals surface area contributed by atoms with Gasteiger partial charge in [0, 0.05) is 38.4 Å². The van der Waals surface area contributed by atoms with Crippen LogP contribution in [0.15, 0.2) is 18.3 Å². The van der Waals surface area contributed by atoms with Crippen molar-refractivity contribution in [3.63, 3.8) is 0 Å². The Bertz CT molecular complexity index is 444. The van der Waals surface area contributed by atoms with Gasteiger partial charge in [0.05, 0.1) is 5.56 Å². The third-order valence-corrected chi connectivity index (χ3v) is 3.36. The van der Waals surface area contributed by atoms with Crippen molar-refractivity contribution in [1.29, 1.82) is 0 Å². The lowest BCUT2D eigenvalue weighted by atomic mass is 10.2. The fourth-order valence-electron chi connectivity index (χ4n) is 2.19. The lowest BCUT2D eigenvalue weighted by molar-refractivity contribution is 0.0951. The van der Waals surface area contributed by atoms with Gasteiger partial charge in [0.1, 0.15) is 5.82 Å². The van der Waals surface area contributed by atoms with E-state index in [1.165, 1.54) is 0 Å². The quantitative estimate of drug-likeness (QED) is 0.861. The lowest BCUT2D eigenvalue weighted by Gasteiger charge is -2.29. The summed E-state index contributed by atoms with van der Waals surface area (Å²) < 4.78 is 0. The van der Waals surface area contributed by atoms with E-state index >= 15 is 0 Å². The molecule has 6 heteroatoms. The van der Waals surface area contributed by atoms with E-state index in [4.69, 9.17) is 0 Å². The molecule has 1 aliphatic heterocycles. The van der Waals surface area contributed by atoms with Crippen LogP contribution in [-0.2, 0) is 0 Å². The second-order valence-corrected chi connectivity index (χ2v) is 4.86. The van der Waals surface area contributed by atoms with Gasteiger partial charge in [0.2, 0.25) is 0 Å². The van der Waals surface area contributed by atoms with Gasteiger partial charge in [-0.15, -0.1) is 12.4 Å². The summed E-state index contributed by atoms with van der Waals surface area (Å²) in [4.78, 5) is 18.7. The molecule has 3 rings (SSSR count). The number of hydrogen-bond acceptors (Lipinski definition) is 4. The molecular weight excluding hydrogens is 264 g/mol. The third kappa shape index (κ3) is 3.36. The molecule has 0 aromatic carbocycles. The molecule has 0 spiro atoms. The first-order valence-electron chi connectivity index (χ1n) is 6.56. The zero-order valence-electron chi connectivity index (χ0n) is 10.8. The number of pyridine rings is 1. The highest BCUT2D eigenvalue weighted by Gasteiger charge is 2.26. The van der Waals surface area contributed by atoms with Gasteiger partial charge in [-0.1, -0.05) is 0 Å². The zero-order chi connectivity index (χ0) is 12.4. The fraction of sp³-hybridized carbons (Fsp3) is 0.538. The third-order valence-electron chi connectivity index (χ3n) is 3.36. The van der Waals surface area contributed by atoms with Crippen LogP contribution >= 0.6 is 12.4 Å². The maximum atomic E-state index is 12.2. The molecule has 104 valence electrons. The fourth-order valence-corrected chi connectivity index (χ4v) is 2.19. The number of piperazine rings is 1. The van der Waals surface area contributed by atoms with Crippen LogP contribution in [0, 0.1) is 0 Å². The highest BCUT2D eigenvalue weighted by molar-refractivity contribution is 5.99. The van der Waals surface area contributed by atoms with Crippen LogP contribution in [0.1, 0.15) is 23.2 Å². The van der Waals surface area contributed by atoms with E-state index in [0.717, 1.165) is 44.8 Å². The molecule has 2 heterocycles. The normalized spacial score (nSPS) is 18.6. The van der Waals surface area contributed by atoms with Crippen molar-refractivity contribution in [2.45, 2.75) is 18.9 Å². The molecule has 0 atom stereocenters. The number of carbonyl (C=O) groups is 1. The maximum Gasteiger partial charge on any atom is 0.255 e. The summed E-state index contributed by atoms with van der Waals surface area (Å²) in [5, 5.41) is 6.33. The Morgan fingerprint density at radius 1 is 1.37 bits per heavy atom. The Morgan fingerprint density at radius 3 is 2.79 bits per heavy atom. The molecule has 0 unspecified atom stereocenters. The summed E-state index contributed by atoms with van der Waals surface area (Å²) in [6, 6.07) is 4.07. The maximum absolute atomic E-state index is 12.2. The van der Waals surface area contributed by atoms with Crippen LogP contribution in [0.5, 0.6) is 0 Å². The summed E-state index contributed by atoms with van der Waals surface area (Å²) in [5.74, 6) is 0.830. The number of nitrogens with zero attached hydrogens (tertiary/aromatic N) is 2. The Morgan fingerprint density at radius 2 is 2.11 bits per heavy atom. The first-order chi connectivity index (χ1) is 8.84. The van der Waals surface area contributed by atoms with Gasteiger partial charge in [0.15, 0.2) is 0 Å². The summed E-state index contributed by atoms with van der Waals surface area (Å²) in [7, 11) is 0. The van der Waals surface area contributed by atoms with Gasteiger partial charge in [-0.25, -0.2) is 4.98 Å². The van der Waals surface area contributed by atoms with Crippen molar-refractivity contribution in [3.05, 3.63) is 23.9 Å². The number of aromatic nitrogens is 1. The smallest absolute Gasteiger partial charge is 0.255 e. The summed E-state index contributed by atoms with van der Waals surface area (Å²) in [5.41, 5.74) is 0.700. The molecule has 2 aliphatic rings. The van der Waals surface area contributed by atoms with Crippen LogP contribution in [0.4, 0.5) is 5.82 Å². The standard InChI is InChI=1S/C13H18N4O.ClH/c18-13(16-10-3-4-10)11-2-1-5-15-12(11)17-8-6-14-7-9-17;/h1-2,5,10,14H,3-4,6-9H2,(H,16,18);1H. The first-order valence-corrected chi connectivity index (χ1v) is 6.56. The summed E-state index contributed by atoms with van der Waals surface area (Å²) in [6.45, 7) is 3.70. The predicted octanol–water partition coefficient (Wildman–Crippen LogP) is 0.805. The van der Waals surface area contributed by atoms with Gasteiger partial charge in [-0.3, -0.25) is 4.79 Å². The molecule has 1 aliphatic carbocycles. The molecule has 19 heavy (non-hydrogen) atoms. The molecule has 1 saturated heterocycles. The largest absolute Gasteiger partial charge is 0.353 e. The Labute approximate surface area is 119 Å². The molecular formula is C13H19ClN4O. The number of amides is 1. The van der Waals surface area contributed by atoms with Gasteiger partial charge in [-0.05, 0) is 25.0 Å². The molecule has 0 radical (unpaired) electrons. The topological polar surface area (TPSA) is 57.3 Å². The van der Waals surface area contributed by atoms with E-state index in [1.807, 2.05) is 12.1 Å². The van der Waals surface area contributed by atoms with Gasteiger partial charge in [0.25, 0.3) is 5.91 Å². The van der Waals surface area contributed by atoms with E-state index in [2.05, 4.69) is 20.5 Å². The Hall–Kier alpha value is -1.33. The second-order valence-electron chi connectivity index (χ2n) is 4.86. The van der Waals surface area contributed by atoms with Crippen LogP contribution in [-0.4, -0.2) is 43.1 Å². The first kappa shape index (κ1) is 14.1. The highest BCUT2D eigenvalue weighted by atomic mass is 35.5. The second kappa shape index (κ2) is 6.21. The van der Waals surface area contributed by atoms with Gasteiger partial charge in [-0.2, -0.15) is 0 Å². The van der Waals surface area contributed by atoms with Crippen molar-refractivity contribution >= 4 is 24.1 Å². The van der Waals surface area contributed by atoms with Crippen LogP contribution in [0.3, 0.4) is 0 Å². The van der Waals surface area contributed by atoms with Crippen LogP contribution in [0.2, 0.25) is 0 Å². The van der Waals surface area contributed by atoms with Crippen molar-refractivity contribution in [2.24, 2.45) is 0 Å². The minimum Gasteiger partial charge on any atom is -0.353 e. The highest BCUT2D eigenvalue weighted by Crippen LogP contribution is 2.22. The molecule has 2 N–H and O–H groups in total. The zero-order valence-corrected chi connectivity index (χ0v) is 11.6. The van der Waals surface area contributed by atoms with E-state index < -0.39 is 0 Å². The number of anilines is 1. The SMILES string of the molecule is Cl.O=C(NC1CC1)c1cccnc1N1CCNCC1. The molecule has 2 fully saturated rings. The van der Waals surface area contributed by atoms with Crippen LogP contribution < -0.4 is 15.5 Å².